The fourth-order valence-electron chi connectivity index (χ4n) is 3.04. The molecule has 0 aliphatic carbocycles. The summed E-state index contributed by atoms with van der Waals surface area (Å²) in [6.45, 7) is 6.04. The van der Waals surface area contributed by atoms with E-state index in [2.05, 4.69) is 15.4 Å². The first-order chi connectivity index (χ1) is 14.0. The fourth-order valence-corrected chi connectivity index (χ4v) is 3.59. The average molecular weight is 432 g/mol. The van der Waals surface area contributed by atoms with E-state index in [1.165, 1.54) is 0 Å². The fraction of sp³-hybridized carbons (Fsp3) is 0.364. The number of hydrogen-bond donors (Lipinski definition) is 3. The van der Waals surface area contributed by atoms with Crippen LogP contribution >= 0.6 is 0 Å². The predicted molar refractivity (Wildman–Crippen MR) is 119 cm³/mol. The highest BCUT2D eigenvalue weighted by Crippen LogP contribution is 2.13. The summed E-state index contributed by atoms with van der Waals surface area (Å²) in [6, 6.07) is 13.3. The Morgan fingerprint density at radius 3 is 2.37 bits per heavy atom. The maximum atomic E-state index is 12.8. The lowest BCUT2D eigenvalue weighted by Gasteiger charge is -2.21. The van der Waals surface area contributed by atoms with Gasteiger partial charge in [-0.05, 0) is 48.6 Å². The molecule has 1 unspecified atom stereocenters. The molecule has 0 spiro atoms. The second-order valence-electron chi connectivity index (χ2n) is 7.76. The summed E-state index contributed by atoms with van der Waals surface area (Å²) >= 11 is 0. The van der Waals surface area contributed by atoms with Crippen LogP contribution in [0.4, 0.5) is 5.69 Å². The molecule has 0 radical (unpaired) electrons. The van der Waals surface area contributed by atoms with Gasteiger partial charge in [0.25, 0.3) is 5.91 Å². The van der Waals surface area contributed by atoms with Crippen LogP contribution in [0.2, 0.25) is 0 Å². The molecule has 0 fully saturated rings. The van der Waals surface area contributed by atoms with Gasteiger partial charge in [-0.25, -0.2) is 8.42 Å². The topological polar surface area (TPSA) is 104 Å². The molecule has 30 heavy (non-hydrogen) atoms. The molecule has 0 saturated carbocycles. The van der Waals surface area contributed by atoms with E-state index in [-0.39, 0.29) is 24.3 Å². The molecule has 162 valence electrons. The van der Waals surface area contributed by atoms with E-state index in [0.717, 1.165) is 17.4 Å². The third kappa shape index (κ3) is 7.51. The average Bonchev–Trinajstić information content (AvgIpc) is 2.64. The minimum absolute atomic E-state index is 0.209. The van der Waals surface area contributed by atoms with Crippen molar-refractivity contribution in [2.24, 2.45) is 5.92 Å². The van der Waals surface area contributed by atoms with Crippen LogP contribution in [0.15, 0.2) is 48.5 Å². The lowest BCUT2D eigenvalue weighted by Crippen LogP contribution is -2.47. The molecule has 0 aliphatic heterocycles. The molecular weight excluding hydrogens is 402 g/mol. The minimum Gasteiger partial charge on any atom is -0.350 e. The third-order valence-electron chi connectivity index (χ3n) is 4.42. The number of carbonyl (C=O) groups excluding carboxylic acids is 2. The maximum Gasteiger partial charge on any atom is 0.252 e. The number of rotatable bonds is 9. The van der Waals surface area contributed by atoms with Crippen molar-refractivity contribution in [3.8, 4) is 0 Å². The number of carbonyl (C=O) groups is 2. The molecule has 2 rings (SSSR count). The molecule has 0 saturated heterocycles. The normalized spacial score (nSPS) is 12.3. The zero-order valence-electron chi connectivity index (χ0n) is 17.7. The van der Waals surface area contributed by atoms with Gasteiger partial charge in [0, 0.05) is 17.8 Å². The van der Waals surface area contributed by atoms with Gasteiger partial charge in [0.1, 0.15) is 6.04 Å². The molecule has 3 N–H and O–H groups in total. The van der Waals surface area contributed by atoms with Crippen molar-refractivity contribution in [3.05, 3.63) is 65.2 Å². The first kappa shape index (κ1) is 23.4. The van der Waals surface area contributed by atoms with Crippen LogP contribution in [0, 0.1) is 12.8 Å². The Hall–Kier alpha value is -2.87. The summed E-state index contributed by atoms with van der Waals surface area (Å²) in [5, 5.41) is 5.68. The minimum atomic E-state index is -3.38. The van der Waals surface area contributed by atoms with Crippen LogP contribution < -0.4 is 15.4 Å². The first-order valence-electron chi connectivity index (χ1n) is 9.76. The standard InChI is InChI=1S/C22H29N3O4S/c1-15(2)12-20(24-21(26)19-11-6-5-8-16(19)3)22(27)23-14-17-9-7-10-18(13-17)25-30(4,28)29/h5-11,13,15,20,25H,12,14H2,1-4H3,(H,23,27)(H,24,26). The monoisotopic (exact) mass is 431 g/mol. The van der Waals surface area contributed by atoms with Crippen molar-refractivity contribution >= 4 is 27.5 Å². The van der Waals surface area contributed by atoms with Gasteiger partial charge in [-0.2, -0.15) is 0 Å². The van der Waals surface area contributed by atoms with Gasteiger partial charge in [-0.1, -0.05) is 44.2 Å². The molecule has 2 aromatic carbocycles. The highest BCUT2D eigenvalue weighted by molar-refractivity contribution is 7.92. The summed E-state index contributed by atoms with van der Waals surface area (Å²) < 4.78 is 25.2. The number of hydrogen-bond acceptors (Lipinski definition) is 4. The summed E-state index contributed by atoms with van der Waals surface area (Å²) in [6.07, 6.45) is 1.58. The Morgan fingerprint density at radius 2 is 1.73 bits per heavy atom. The second-order valence-corrected chi connectivity index (χ2v) is 9.51. The second kappa shape index (κ2) is 10.2. The molecule has 1 atom stereocenters. The highest BCUT2D eigenvalue weighted by atomic mass is 32.2. The first-order valence-corrected chi connectivity index (χ1v) is 11.6. The largest absolute Gasteiger partial charge is 0.350 e. The summed E-state index contributed by atoms with van der Waals surface area (Å²) in [5.74, 6) is -0.361. The predicted octanol–water partition coefficient (Wildman–Crippen LogP) is 2.83. The van der Waals surface area contributed by atoms with E-state index in [0.29, 0.717) is 17.7 Å². The molecule has 2 aromatic rings. The van der Waals surface area contributed by atoms with Crippen molar-refractivity contribution < 1.29 is 18.0 Å². The summed E-state index contributed by atoms with van der Waals surface area (Å²) in [4.78, 5) is 25.4. The zero-order chi connectivity index (χ0) is 22.3. The van der Waals surface area contributed by atoms with Crippen LogP contribution in [-0.4, -0.2) is 32.5 Å². The summed E-state index contributed by atoms with van der Waals surface area (Å²) in [5.41, 5.74) is 2.55. The number of benzene rings is 2. The molecule has 0 heterocycles. The van der Waals surface area contributed by atoms with Crippen LogP contribution in [0.25, 0.3) is 0 Å². The lowest BCUT2D eigenvalue weighted by molar-refractivity contribution is -0.123. The quantitative estimate of drug-likeness (QED) is 0.568. The number of anilines is 1. The number of sulfonamides is 1. The van der Waals surface area contributed by atoms with Crippen LogP contribution in [0.3, 0.4) is 0 Å². The SMILES string of the molecule is Cc1ccccc1C(=O)NC(CC(C)C)C(=O)NCc1cccc(NS(C)(=O)=O)c1. The lowest BCUT2D eigenvalue weighted by atomic mass is 10.0. The number of amides is 2. The van der Waals surface area contributed by atoms with Crippen molar-refractivity contribution in [1.29, 1.82) is 0 Å². The van der Waals surface area contributed by atoms with Crippen molar-refractivity contribution in [3.63, 3.8) is 0 Å². The van der Waals surface area contributed by atoms with E-state index >= 15 is 0 Å². The molecule has 0 bridgehead atoms. The van der Waals surface area contributed by atoms with Crippen LogP contribution in [0.1, 0.15) is 41.8 Å². The zero-order valence-corrected chi connectivity index (χ0v) is 18.5. The van der Waals surface area contributed by atoms with E-state index in [4.69, 9.17) is 0 Å². The Labute approximate surface area is 178 Å². The Morgan fingerprint density at radius 1 is 1.03 bits per heavy atom. The summed E-state index contributed by atoms with van der Waals surface area (Å²) in [7, 11) is -3.38. The molecule has 7 nitrogen and oxygen atoms in total. The van der Waals surface area contributed by atoms with Gasteiger partial charge < -0.3 is 10.6 Å². The smallest absolute Gasteiger partial charge is 0.252 e. The van der Waals surface area contributed by atoms with E-state index in [1.54, 1.807) is 36.4 Å². The maximum absolute atomic E-state index is 12.8. The Kier molecular flexibility index (Phi) is 8.00. The van der Waals surface area contributed by atoms with E-state index in [1.807, 2.05) is 32.9 Å². The van der Waals surface area contributed by atoms with Crippen molar-refractivity contribution in [2.75, 3.05) is 11.0 Å². The highest BCUT2D eigenvalue weighted by Gasteiger charge is 2.23. The van der Waals surface area contributed by atoms with Gasteiger partial charge in [-0.15, -0.1) is 0 Å². The Bertz CT molecular complexity index is 1000. The van der Waals surface area contributed by atoms with E-state index in [9.17, 15) is 18.0 Å². The van der Waals surface area contributed by atoms with Crippen LogP contribution in [-0.2, 0) is 21.4 Å². The molecular formula is C22H29N3O4S. The van der Waals surface area contributed by atoms with Gasteiger partial charge in [0.2, 0.25) is 15.9 Å². The van der Waals surface area contributed by atoms with Crippen molar-refractivity contribution in [1.82, 2.24) is 10.6 Å². The van der Waals surface area contributed by atoms with Crippen LogP contribution in [0.5, 0.6) is 0 Å². The van der Waals surface area contributed by atoms with Gasteiger partial charge in [0.15, 0.2) is 0 Å². The molecule has 8 heteroatoms. The molecule has 0 aliphatic rings. The third-order valence-corrected chi connectivity index (χ3v) is 5.02. The number of nitrogens with one attached hydrogen (secondary N) is 3. The van der Waals surface area contributed by atoms with E-state index < -0.39 is 16.1 Å². The van der Waals surface area contributed by atoms with Gasteiger partial charge in [-0.3, -0.25) is 14.3 Å². The molecule has 2 amide bonds. The van der Waals surface area contributed by atoms with Gasteiger partial charge >= 0.3 is 0 Å². The van der Waals surface area contributed by atoms with Crippen molar-refractivity contribution in [2.45, 2.75) is 39.8 Å². The Balaban J connectivity index is 2.06. The van der Waals surface area contributed by atoms with Gasteiger partial charge in [0.05, 0.1) is 6.26 Å². The molecule has 0 aromatic heterocycles. The number of aryl methyl sites for hydroxylation is 1.